The van der Waals surface area contributed by atoms with Gasteiger partial charge in [-0.1, -0.05) is 50.3 Å². The lowest BCUT2D eigenvalue weighted by atomic mass is 10.0. The Morgan fingerprint density at radius 1 is 0.870 bits per heavy atom. The van der Waals surface area contributed by atoms with E-state index in [0.29, 0.717) is 11.7 Å². The van der Waals surface area contributed by atoms with Crippen LogP contribution in [0.3, 0.4) is 0 Å². The highest BCUT2D eigenvalue weighted by Gasteiger charge is 2.30. The van der Waals surface area contributed by atoms with Crippen LogP contribution in [0.2, 0.25) is 0 Å². The molecule has 1 aromatic carbocycles. The minimum absolute atomic E-state index is 0.0882. The largest absolute Gasteiger partial charge is 0.425 e. The van der Waals surface area contributed by atoms with Gasteiger partial charge in [0, 0.05) is 0 Å². The van der Waals surface area contributed by atoms with Crippen LogP contribution in [0, 0.1) is 0 Å². The summed E-state index contributed by atoms with van der Waals surface area (Å²) >= 11 is 0. The van der Waals surface area contributed by atoms with E-state index in [9.17, 15) is 4.79 Å². The molecule has 1 aromatic rings. The van der Waals surface area contributed by atoms with Crippen LogP contribution < -0.4 is 4.74 Å². The van der Waals surface area contributed by atoms with Crippen molar-refractivity contribution in [3.63, 3.8) is 0 Å². The standard InChI is InChI=1S/C19H22O2S2/c1-15(2)16-7-9-17(10-8-16)21-18(20)19(22-11-3-4-12-22)23-13-5-6-14-23/h3-15,19,22-23H,1-2H3. The third-order valence-electron chi connectivity index (χ3n) is 3.80. The minimum atomic E-state index is -0.581. The van der Waals surface area contributed by atoms with Crippen molar-refractivity contribution in [1.82, 2.24) is 0 Å². The molecule has 0 N–H and O–H groups in total. The van der Waals surface area contributed by atoms with E-state index in [0.717, 1.165) is 0 Å². The van der Waals surface area contributed by atoms with Gasteiger partial charge < -0.3 is 4.74 Å². The fraction of sp³-hybridized carbons (Fsp3) is 0.211. The second-order valence-electron chi connectivity index (χ2n) is 5.78. The van der Waals surface area contributed by atoms with E-state index in [1.165, 1.54) is 5.56 Å². The quantitative estimate of drug-likeness (QED) is 0.439. The van der Waals surface area contributed by atoms with Crippen LogP contribution in [0.25, 0.3) is 0 Å². The summed E-state index contributed by atoms with van der Waals surface area (Å²) in [6, 6.07) is 7.85. The third kappa shape index (κ3) is 3.82. The molecular formula is C19H22O2S2. The molecule has 0 aliphatic carbocycles. The lowest BCUT2D eigenvalue weighted by Crippen LogP contribution is -2.23. The lowest BCUT2D eigenvalue weighted by Gasteiger charge is -2.28. The number of thiol groups is 2. The molecule has 0 saturated carbocycles. The van der Waals surface area contributed by atoms with E-state index in [1.807, 2.05) is 48.6 Å². The SMILES string of the molecule is CC(C)c1ccc(OC(=O)C([SH]2C=CC=C2)[SH]2C=CC=C2)cc1. The molecule has 2 nitrogen and oxygen atoms in total. The molecule has 4 heteroatoms. The number of hydrogen-bond donors (Lipinski definition) is 2. The zero-order valence-electron chi connectivity index (χ0n) is 13.3. The maximum Gasteiger partial charge on any atom is 0.332 e. The zero-order valence-corrected chi connectivity index (χ0v) is 15.1. The smallest absolute Gasteiger partial charge is 0.332 e. The van der Waals surface area contributed by atoms with Crippen molar-refractivity contribution < 1.29 is 9.53 Å². The van der Waals surface area contributed by atoms with E-state index in [-0.39, 0.29) is 10.6 Å². The lowest BCUT2D eigenvalue weighted by molar-refractivity contribution is -0.132. The molecule has 0 spiro atoms. The van der Waals surface area contributed by atoms with Crippen molar-refractivity contribution in [3.8, 4) is 5.75 Å². The van der Waals surface area contributed by atoms with Crippen LogP contribution >= 0.6 is 21.8 Å². The maximum atomic E-state index is 12.8. The first-order valence-corrected chi connectivity index (χ1v) is 10.8. The van der Waals surface area contributed by atoms with Gasteiger partial charge in [0.2, 0.25) is 0 Å². The van der Waals surface area contributed by atoms with Gasteiger partial charge in [-0.3, -0.25) is 0 Å². The Balaban J connectivity index is 1.75. The van der Waals surface area contributed by atoms with E-state index >= 15 is 0 Å². The van der Waals surface area contributed by atoms with Crippen molar-refractivity contribution in [3.05, 3.63) is 75.8 Å². The van der Waals surface area contributed by atoms with Crippen LogP contribution in [0.5, 0.6) is 5.75 Å². The predicted molar refractivity (Wildman–Crippen MR) is 104 cm³/mol. The van der Waals surface area contributed by atoms with Gasteiger partial charge in [-0.15, -0.1) is 0 Å². The zero-order chi connectivity index (χ0) is 16.2. The van der Waals surface area contributed by atoms with Crippen molar-refractivity contribution in [2.75, 3.05) is 0 Å². The molecule has 0 aromatic heterocycles. The van der Waals surface area contributed by atoms with Gasteiger partial charge in [0.25, 0.3) is 0 Å². The Kier molecular flexibility index (Phi) is 5.13. The number of allylic oxidation sites excluding steroid dienone is 4. The normalized spacial score (nSPS) is 18.6. The second-order valence-corrected chi connectivity index (χ2v) is 10.2. The molecule has 0 bridgehead atoms. The van der Waals surface area contributed by atoms with Crippen LogP contribution in [0.15, 0.2) is 70.2 Å². The van der Waals surface area contributed by atoms with E-state index < -0.39 is 21.8 Å². The number of rotatable bonds is 5. The van der Waals surface area contributed by atoms with E-state index in [1.54, 1.807) is 0 Å². The van der Waals surface area contributed by atoms with Gasteiger partial charge in [0.15, 0.2) is 0 Å². The molecule has 0 atom stereocenters. The van der Waals surface area contributed by atoms with Crippen molar-refractivity contribution in [1.29, 1.82) is 0 Å². The second kappa shape index (κ2) is 7.28. The number of hydrogen-bond acceptors (Lipinski definition) is 2. The summed E-state index contributed by atoms with van der Waals surface area (Å²) < 4.78 is 5.61. The van der Waals surface area contributed by atoms with Gasteiger partial charge in [-0.25, -0.2) is 4.79 Å². The molecule has 122 valence electrons. The Labute approximate surface area is 143 Å². The minimum Gasteiger partial charge on any atom is -0.425 e. The number of benzene rings is 1. The van der Waals surface area contributed by atoms with E-state index in [4.69, 9.17) is 4.74 Å². The fourth-order valence-electron chi connectivity index (χ4n) is 2.51. The first-order chi connectivity index (χ1) is 11.1. The molecule has 0 unspecified atom stereocenters. The topological polar surface area (TPSA) is 26.3 Å². The van der Waals surface area contributed by atoms with Crippen LogP contribution in [-0.4, -0.2) is 10.6 Å². The third-order valence-corrected chi connectivity index (χ3v) is 9.01. The first-order valence-electron chi connectivity index (χ1n) is 7.71. The van der Waals surface area contributed by atoms with Crippen LogP contribution in [0.4, 0.5) is 0 Å². The number of carbonyl (C=O) groups is 1. The molecule has 0 saturated heterocycles. The summed E-state index contributed by atoms with van der Waals surface area (Å²) in [5, 5.41) is 8.58. The fourth-order valence-corrected chi connectivity index (χ4v) is 7.30. The molecule has 2 aliphatic heterocycles. The maximum absolute atomic E-state index is 12.8. The van der Waals surface area contributed by atoms with Crippen LogP contribution in [-0.2, 0) is 4.79 Å². The molecular weight excluding hydrogens is 324 g/mol. The van der Waals surface area contributed by atoms with Crippen molar-refractivity contribution >= 4 is 27.8 Å². The van der Waals surface area contributed by atoms with Crippen molar-refractivity contribution in [2.24, 2.45) is 0 Å². The summed E-state index contributed by atoms with van der Waals surface area (Å²) in [5.41, 5.74) is 1.25. The monoisotopic (exact) mass is 346 g/mol. The van der Waals surface area contributed by atoms with Gasteiger partial charge in [-0.2, -0.15) is 21.8 Å². The molecule has 0 radical (unpaired) electrons. The van der Waals surface area contributed by atoms with E-state index in [2.05, 4.69) is 35.5 Å². The van der Waals surface area contributed by atoms with Gasteiger partial charge >= 0.3 is 5.97 Å². The number of carbonyl (C=O) groups excluding carboxylic acids is 1. The molecule has 2 heterocycles. The summed E-state index contributed by atoms with van der Waals surface area (Å²) in [7, 11) is -1.16. The summed E-state index contributed by atoms with van der Waals surface area (Å²) in [6.07, 6.45) is 8.12. The Bertz CT molecular complexity index is 632. The Morgan fingerprint density at radius 2 is 1.35 bits per heavy atom. The first kappa shape index (κ1) is 16.2. The Hall–Kier alpha value is -1.65. The predicted octanol–water partition coefficient (Wildman–Crippen LogP) is 5.13. The summed E-state index contributed by atoms with van der Waals surface area (Å²) in [5.74, 6) is 0.988. The molecule has 3 rings (SSSR count). The average Bonchev–Trinajstić information content (AvgIpc) is 3.22. The summed E-state index contributed by atoms with van der Waals surface area (Å²) in [6.45, 7) is 4.31. The molecule has 2 aliphatic rings. The molecule has 23 heavy (non-hydrogen) atoms. The highest BCUT2D eigenvalue weighted by molar-refractivity contribution is 8.39. The summed E-state index contributed by atoms with van der Waals surface area (Å²) in [4.78, 5) is 12.8. The van der Waals surface area contributed by atoms with Crippen LogP contribution in [0.1, 0.15) is 25.3 Å². The average molecular weight is 347 g/mol. The highest BCUT2D eigenvalue weighted by Crippen LogP contribution is 2.53. The highest BCUT2D eigenvalue weighted by atomic mass is 32.3. The number of esters is 1. The van der Waals surface area contributed by atoms with Gasteiger partial charge in [-0.05, 0) is 45.2 Å². The van der Waals surface area contributed by atoms with Gasteiger partial charge in [0.1, 0.15) is 10.3 Å². The number of ether oxygens (including phenoxy) is 1. The molecule has 0 amide bonds. The van der Waals surface area contributed by atoms with Crippen molar-refractivity contribution in [2.45, 2.75) is 24.3 Å². The van der Waals surface area contributed by atoms with Gasteiger partial charge in [0.05, 0.1) is 0 Å². The Morgan fingerprint density at radius 3 is 1.78 bits per heavy atom. The molecule has 0 fully saturated rings.